The molecule has 2 heterocycles. The van der Waals surface area contributed by atoms with E-state index < -0.39 is 18.2 Å². The van der Waals surface area contributed by atoms with E-state index in [2.05, 4.69) is 15.3 Å². The molecule has 0 saturated carbocycles. The van der Waals surface area contributed by atoms with Crippen LogP contribution in [0.2, 0.25) is 0 Å². The van der Waals surface area contributed by atoms with Crippen molar-refractivity contribution >= 4 is 12.0 Å². The van der Waals surface area contributed by atoms with Crippen molar-refractivity contribution in [3.8, 4) is 0 Å². The first-order chi connectivity index (χ1) is 8.97. The van der Waals surface area contributed by atoms with Gasteiger partial charge < -0.3 is 15.4 Å². The van der Waals surface area contributed by atoms with E-state index in [1.807, 2.05) is 13.8 Å². The van der Waals surface area contributed by atoms with Gasteiger partial charge in [0.15, 0.2) is 0 Å². The number of aromatic nitrogens is 2. The van der Waals surface area contributed by atoms with Crippen LogP contribution in [0.15, 0.2) is 6.33 Å². The number of fused-ring (bicyclic) bond motifs is 1. The van der Waals surface area contributed by atoms with Gasteiger partial charge in [-0.15, -0.1) is 0 Å². The molecule has 0 bridgehead atoms. The Morgan fingerprint density at radius 3 is 2.79 bits per heavy atom. The van der Waals surface area contributed by atoms with Gasteiger partial charge in [0.25, 0.3) is 0 Å². The molecular formula is C12H18N4O3. The molecule has 0 aliphatic carbocycles. The summed E-state index contributed by atoms with van der Waals surface area (Å²) >= 11 is 0. The molecule has 1 aliphatic heterocycles. The number of imidazole rings is 1. The highest BCUT2D eigenvalue weighted by Crippen LogP contribution is 2.36. The van der Waals surface area contributed by atoms with E-state index in [9.17, 15) is 14.7 Å². The maximum Gasteiger partial charge on any atom is 0.408 e. The first-order valence-corrected chi connectivity index (χ1v) is 6.22. The lowest BCUT2D eigenvalue weighted by Gasteiger charge is -2.40. The Kier molecular flexibility index (Phi) is 3.46. The summed E-state index contributed by atoms with van der Waals surface area (Å²) in [6.07, 6.45) is 0.776. The molecule has 19 heavy (non-hydrogen) atoms. The van der Waals surface area contributed by atoms with E-state index in [-0.39, 0.29) is 11.8 Å². The lowest BCUT2D eigenvalue weighted by molar-refractivity contribution is -0.127. The van der Waals surface area contributed by atoms with Gasteiger partial charge in [-0.05, 0) is 5.92 Å². The summed E-state index contributed by atoms with van der Waals surface area (Å²) in [6.45, 7) is 3.84. The number of aromatic amines is 1. The van der Waals surface area contributed by atoms with Gasteiger partial charge in [-0.25, -0.2) is 9.78 Å². The van der Waals surface area contributed by atoms with Crippen LogP contribution in [0, 0.1) is 5.92 Å². The van der Waals surface area contributed by atoms with Gasteiger partial charge in [0.05, 0.1) is 18.1 Å². The molecule has 1 aliphatic rings. The van der Waals surface area contributed by atoms with Crippen molar-refractivity contribution in [3.05, 3.63) is 17.7 Å². The van der Waals surface area contributed by atoms with Crippen LogP contribution in [0.1, 0.15) is 31.3 Å². The van der Waals surface area contributed by atoms with Crippen LogP contribution in [-0.2, 0) is 11.2 Å². The Bertz CT molecular complexity index is 497. The largest absolute Gasteiger partial charge is 0.465 e. The van der Waals surface area contributed by atoms with E-state index in [1.54, 1.807) is 6.33 Å². The third kappa shape index (κ3) is 2.16. The molecule has 1 aromatic heterocycles. The van der Waals surface area contributed by atoms with Gasteiger partial charge in [-0.3, -0.25) is 9.69 Å². The number of hydrogen-bond acceptors (Lipinski definition) is 3. The molecule has 104 valence electrons. The van der Waals surface area contributed by atoms with Crippen molar-refractivity contribution in [1.29, 1.82) is 0 Å². The lowest BCUT2D eigenvalue weighted by Crippen LogP contribution is -2.54. The Morgan fingerprint density at radius 1 is 1.58 bits per heavy atom. The summed E-state index contributed by atoms with van der Waals surface area (Å²) < 4.78 is 0. The topological polar surface area (TPSA) is 98.3 Å². The van der Waals surface area contributed by atoms with Crippen LogP contribution in [0.5, 0.6) is 0 Å². The third-order valence-electron chi connectivity index (χ3n) is 3.47. The Hall–Kier alpha value is -2.05. The van der Waals surface area contributed by atoms with Crippen LogP contribution >= 0.6 is 0 Å². The van der Waals surface area contributed by atoms with Crippen LogP contribution in [0.3, 0.4) is 0 Å². The SMILES string of the molecule is CNC(=O)[C@@H]1Cc2[nH]cnc2[C@H](C(C)C)N1C(=O)O. The Labute approximate surface area is 111 Å². The second kappa shape index (κ2) is 4.91. The highest BCUT2D eigenvalue weighted by atomic mass is 16.4. The smallest absolute Gasteiger partial charge is 0.408 e. The van der Waals surface area contributed by atoms with Gasteiger partial charge in [0.2, 0.25) is 5.91 Å². The highest BCUT2D eigenvalue weighted by Gasteiger charge is 2.43. The number of likely N-dealkylation sites (N-methyl/N-ethyl adjacent to an activating group) is 1. The van der Waals surface area contributed by atoms with Crippen molar-refractivity contribution < 1.29 is 14.7 Å². The number of carbonyl (C=O) groups is 2. The van der Waals surface area contributed by atoms with Gasteiger partial charge in [-0.1, -0.05) is 13.8 Å². The van der Waals surface area contributed by atoms with Gasteiger partial charge in [-0.2, -0.15) is 0 Å². The second-order valence-electron chi connectivity index (χ2n) is 4.98. The molecule has 2 atom stereocenters. The van der Waals surface area contributed by atoms with Crippen LogP contribution in [-0.4, -0.2) is 45.1 Å². The minimum Gasteiger partial charge on any atom is -0.465 e. The fraction of sp³-hybridized carbons (Fsp3) is 0.583. The minimum atomic E-state index is -1.10. The maximum atomic E-state index is 11.9. The Morgan fingerprint density at radius 2 is 2.26 bits per heavy atom. The van der Waals surface area contributed by atoms with Gasteiger partial charge in [0.1, 0.15) is 6.04 Å². The van der Waals surface area contributed by atoms with E-state index in [0.717, 1.165) is 11.4 Å². The number of hydrogen-bond donors (Lipinski definition) is 3. The zero-order chi connectivity index (χ0) is 14.2. The quantitative estimate of drug-likeness (QED) is 0.736. The summed E-state index contributed by atoms with van der Waals surface area (Å²) in [5.41, 5.74) is 1.56. The molecular weight excluding hydrogens is 248 g/mol. The molecule has 0 fully saturated rings. The van der Waals surface area contributed by atoms with Crippen LogP contribution in [0.4, 0.5) is 4.79 Å². The molecule has 2 amide bonds. The summed E-state index contributed by atoms with van der Waals surface area (Å²) in [6, 6.07) is -1.13. The number of rotatable bonds is 2. The molecule has 2 rings (SSSR count). The predicted molar refractivity (Wildman–Crippen MR) is 67.6 cm³/mol. The zero-order valence-electron chi connectivity index (χ0n) is 11.2. The molecule has 0 saturated heterocycles. The molecule has 3 N–H and O–H groups in total. The Balaban J connectivity index is 2.49. The van der Waals surface area contributed by atoms with Crippen molar-refractivity contribution in [2.45, 2.75) is 32.4 Å². The number of carbonyl (C=O) groups excluding carboxylic acids is 1. The second-order valence-corrected chi connectivity index (χ2v) is 4.98. The molecule has 0 radical (unpaired) electrons. The third-order valence-corrected chi connectivity index (χ3v) is 3.47. The zero-order valence-corrected chi connectivity index (χ0v) is 11.2. The van der Waals surface area contributed by atoms with Crippen molar-refractivity contribution in [3.63, 3.8) is 0 Å². The fourth-order valence-electron chi connectivity index (χ4n) is 2.64. The number of amides is 2. The highest BCUT2D eigenvalue weighted by molar-refractivity contribution is 5.86. The summed E-state index contributed by atoms with van der Waals surface area (Å²) in [7, 11) is 1.51. The fourth-order valence-corrected chi connectivity index (χ4v) is 2.64. The molecule has 7 nitrogen and oxygen atoms in total. The standard InChI is InChI=1S/C12H18N4O3/c1-6(2)10-9-7(14-5-15-9)4-8(11(17)13-3)16(10)12(18)19/h5-6,8,10H,4H2,1-3H3,(H,13,17)(H,14,15)(H,18,19)/t8-,10-/m0/s1. The maximum absolute atomic E-state index is 11.9. The molecule has 1 aromatic rings. The number of H-pyrrole nitrogens is 1. The molecule has 0 spiro atoms. The van der Waals surface area contributed by atoms with E-state index in [4.69, 9.17) is 0 Å². The van der Waals surface area contributed by atoms with E-state index in [0.29, 0.717) is 6.42 Å². The van der Waals surface area contributed by atoms with E-state index in [1.165, 1.54) is 11.9 Å². The number of carboxylic acid groups (broad SMARTS) is 1. The predicted octanol–water partition coefficient (Wildman–Crippen LogP) is 0.757. The van der Waals surface area contributed by atoms with Gasteiger partial charge in [0, 0.05) is 19.2 Å². The number of nitrogens with zero attached hydrogens (tertiary/aromatic N) is 2. The lowest BCUT2D eigenvalue weighted by atomic mass is 9.89. The molecule has 0 unspecified atom stereocenters. The average molecular weight is 266 g/mol. The molecule has 7 heteroatoms. The molecule has 0 aromatic carbocycles. The summed E-state index contributed by atoms with van der Waals surface area (Å²) in [5.74, 6) is -0.265. The monoisotopic (exact) mass is 266 g/mol. The van der Waals surface area contributed by atoms with Crippen LogP contribution < -0.4 is 5.32 Å². The van der Waals surface area contributed by atoms with Gasteiger partial charge >= 0.3 is 6.09 Å². The van der Waals surface area contributed by atoms with Crippen LogP contribution in [0.25, 0.3) is 0 Å². The van der Waals surface area contributed by atoms with E-state index >= 15 is 0 Å². The van der Waals surface area contributed by atoms with Crippen molar-refractivity contribution in [1.82, 2.24) is 20.2 Å². The summed E-state index contributed by atoms with van der Waals surface area (Å²) in [4.78, 5) is 31.9. The average Bonchev–Trinajstić information content (AvgIpc) is 2.82. The number of nitrogens with one attached hydrogen (secondary N) is 2. The normalized spacial score (nSPS) is 22.2. The van der Waals surface area contributed by atoms with Crippen molar-refractivity contribution in [2.75, 3.05) is 7.05 Å². The van der Waals surface area contributed by atoms with Crippen molar-refractivity contribution in [2.24, 2.45) is 5.92 Å². The minimum absolute atomic E-state index is 0.0330. The first-order valence-electron chi connectivity index (χ1n) is 6.22. The summed E-state index contributed by atoms with van der Waals surface area (Å²) in [5, 5.41) is 12.0. The first kappa shape index (κ1) is 13.4.